The SMILES string of the molecule is C#COc1c(C)cc(CNCC(O)c2ccc(O)c3[nH]c(=O)ccc23)cc1C. The molecule has 6 heteroatoms. The molecule has 0 spiro atoms. The Hall–Kier alpha value is -3.27. The van der Waals surface area contributed by atoms with Crippen LogP contribution in [-0.2, 0) is 6.54 Å². The van der Waals surface area contributed by atoms with Crippen molar-refractivity contribution in [1.82, 2.24) is 10.3 Å². The first-order chi connectivity index (χ1) is 13.4. The number of aliphatic hydroxyl groups excluding tert-OH is 1. The molecule has 1 heterocycles. The molecule has 1 unspecified atom stereocenters. The van der Waals surface area contributed by atoms with Crippen LogP contribution in [0.1, 0.15) is 28.4 Å². The lowest BCUT2D eigenvalue weighted by atomic mass is 10.0. The molecule has 0 aliphatic rings. The summed E-state index contributed by atoms with van der Waals surface area (Å²) in [6.45, 7) is 4.73. The van der Waals surface area contributed by atoms with Crippen molar-refractivity contribution in [1.29, 1.82) is 0 Å². The zero-order valence-corrected chi connectivity index (χ0v) is 15.7. The van der Waals surface area contributed by atoms with Gasteiger partial charge in [0.25, 0.3) is 0 Å². The van der Waals surface area contributed by atoms with Crippen LogP contribution in [0.5, 0.6) is 11.5 Å². The summed E-state index contributed by atoms with van der Waals surface area (Å²) < 4.78 is 5.20. The predicted octanol–water partition coefficient (Wildman–Crippen LogP) is 2.64. The van der Waals surface area contributed by atoms with Gasteiger partial charge in [-0.3, -0.25) is 4.79 Å². The van der Waals surface area contributed by atoms with Crippen LogP contribution >= 0.6 is 0 Å². The average molecular weight is 378 g/mol. The molecule has 1 aromatic heterocycles. The highest BCUT2D eigenvalue weighted by molar-refractivity contribution is 5.87. The van der Waals surface area contributed by atoms with Gasteiger partial charge in [-0.1, -0.05) is 24.6 Å². The number of aromatic amines is 1. The van der Waals surface area contributed by atoms with Crippen LogP contribution in [0.3, 0.4) is 0 Å². The van der Waals surface area contributed by atoms with Gasteiger partial charge in [-0.15, -0.1) is 0 Å². The summed E-state index contributed by atoms with van der Waals surface area (Å²) in [7, 11) is 0. The Labute approximate surface area is 162 Å². The Kier molecular flexibility index (Phi) is 5.69. The van der Waals surface area contributed by atoms with E-state index in [1.807, 2.05) is 26.0 Å². The molecule has 0 aliphatic heterocycles. The maximum atomic E-state index is 11.5. The monoisotopic (exact) mass is 378 g/mol. The molecule has 0 fully saturated rings. The van der Waals surface area contributed by atoms with Crippen molar-refractivity contribution in [2.75, 3.05) is 6.54 Å². The van der Waals surface area contributed by atoms with Crippen LogP contribution in [0, 0.1) is 26.4 Å². The van der Waals surface area contributed by atoms with Crippen molar-refractivity contribution >= 4 is 10.9 Å². The van der Waals surface area contributed by atoms with Gasteiger partial charge in [0.2, 0.25) is 5.56 Å². The molecule has 0 aliphatic carbocycles. The summed E-state index contributed by atoms with van der Waals surface area (Å²) in [5.41, 5.74) is 3.58. The second-order valence-corrected chi connectivity index (χ2v) is 6.71. The molecule has 28 heavy (non-hydrogen) atoms. The van der Waals surface area contributed by atoms with E-state index in [-0.39, 0.29) is 11.3 Å². The smallest absolute Gasteiger partial charge is 0.248 e. The number of hydrogen-bond donors (Lipinski definition) is 4. The predicted molar refractivity (Wildman–Crippen MR) is 108 cm³/mol. The van der Waals surface area contributed by atoms with E-state index in [0.29, 0.717) is 35.3 Å². The van der Waals surface area contributed by atoms with Gasteiger partial charge in [-0.2, -0.15) is 0 Å². The number of pyridine rings is 1. The van der Waals surface area contributed by atoms with E-state index in [9.17, 15) is 15.0 Å². The molecule has 0 radical (unpaired) electrons. The topological polar surface area (TPSA) is 94.6 Å². The van der Waals surface area contributed by atoms with Gasteiger partial charge in [-0.25, -0.2) is 0 Å². The van der Waals surface area contributed by atoms with Crippen LogP contribution < -0.4 is 15.6 Å². The van der Waals surface area contributed by atoms with Gasteiger partial charge < -0.3 is 25.3 Å². The molecular weight excluding hydrogens is 356 g/mol. The van der Waals surface area contributed by atoms with Gasteiger partial charge in [-0.05, 0) is 48.2 Å². The third kappa shape index (κ3) is 4.01. The zero-order chi connectivity index (χ0) is 20.3. The number of phenolic OH excluding ortho intramolecular Hbond substituents is 1. The molecule has 1 atom stereocenters. The lowest BCUT2D eigenvalue weighted by Crippen LogP contribution is -2.21. The molecule has 0 amide bonds. The van der Waals surface area contributed by atoms with E-state index < -0.39 is 6.10 Å². The number of ether oxygens (including phenoxy) is 1. The van der Waals surface area contributed by atoms with E-state index in [2.05, 4.69) is 16.4 Å². The van der Waals surface area contributed by atoms with E-state index in [4.69, 9.17) is 11.2 Å². The molecule has 144 valence electrons. The summed E-state index contributed by atoms with van der Waals surface area (Å²) in [6, 6.07) is 10.1. The minimum absolute atomic E-state index is 0.0307. The van der Waals surface area contributed by atoms with Crippen LogP contribution in [-0.4, -0.2) is 21.7 Å². The summed E-state index contributed by atoms with van der Waals surface area (Å²) >= 11 is 0. The van der Waals surface area contributed by atoms with Gasteiger partial charge in [0.05, 0.1) is 11.6 Å². The first-order valence-corrected chi connectivity index (χ1v) is 8.87. The fraction of sp³-hybridized carbons (Fsp3) is 0.227. The number of nitrogens with one attached hydrogen (secondary N) is 2. The number of aliphatic hydroxyl groups is 1. The summed E-state index contributed by atoms with van der Waals surface area (Å²) in [4.78, 5) is 14.1. The van der Waals surface area contributed by atoms with Crippen molar-refractivity contribution < 1.29 is 14.9 Å². The number of aromatic hydroxyl groups is 1. The molecule has 3 rings (SSSR count). The van der Waals surface area contributed by atoms with Crippen LogP contribution in [0.2, 0.25) is 0 Å². The Morgan fingerprint density at radius 3 is 2.61 bits per heavy atom. The summed E-state index contributed by atoms with van der Waals surface area (Å²) in [5.74, 6) is 0.660. The maximum Gasteiger partial charge on any atom is 0.248 e. The van der Waals surface area contributed by atoms with Gasteiger partial charge >= 0.3 is 0 Å². The first-order valence-electron chi connectivity index (χ1n) is 8.87. The molecule has 6 nitrogen and oxygen atoms in total. The minimum atomic E-state index is -0.805. The molecule has 0 saturated carbocycles. The number of fused-ring (bicyclic) bond motifs is 1. The molecule has 0 saturated heterocycles. The third-order valence-corrected chi connectivity index (χ3v) is 4.61. The van der Waals surface area contributed by atoms with Crippen molar-refractivity contribution in [2.24, 2.45) is 0 Å². The second kappa shape index (κ2) is 8.17. The number of benzene rings is 2. The van der Waals surface area contributed by atoms with Gasteiger partial charge in [0.15, 0.2) is 0 Å². The van der Waals surface area contributed by atoms with E-state index in [0.717, 1.165) is 16.7 Å². The Balaban J connectivity index is 1.73. The highest BCUT2D eigenvalue weighted by Gasteiger charge is 2.14. The number of H-pyrrole nitrogens is 1. The Morgan fingerprint density at radius 2 is 1.93 bits per heavy atom. The van der Waals surface area contributed by atoms with Crippen molar-refractivity contribution in [3.8, 4) is 24.0 Å². The molecule has 3 aromatic rings. The Morgan fingerprint density at radius 1 is 1.21 bits per heavy atom. The van der Waals surface area contributed by atoms with Crippen molar-refractivity contribution in [3.63, 3.8) is 0 Å². The number of phenols is 1. The highest BCUT2D eigenvalue weighted by atomic mass is 16.5. The summed E-state index contributed by atoms with van der Waals surface area (Å²) in [6.07, 6.45) is 6.60. The number of terminal acetylenes is 1. The standard InChI is InChI=1S/C22H22N2O4/c1-4-28-22-13(2)9-15(10-14(22)3)11-23-12-19(26)16-5-7-18(25)21-17(16)6-8-20(27)24-21/h1,5-10,19,23,25-26H,11-12H2,2-3H3,(H,24,27). The number of aryl methyl sites for hydroxylation is 2. The minimum Gasteiger partial charge on any atom is -0.506 e. The molecule has 0 bridgehead atoms. The Bertz CT molecular complexity index is 1090. The molecule has 4 N–H and O–H groups in total. The number of rotatable bonds is 6. The van der Waals surface area contributed by atoms with Crippen molar-refractivity contribution in [3.05, 3.63) is 69.0 Å². The highest BCUT2D eigenvalue weighted by Crippen LogP contribution is 2.29. The molecule has 2 aromatic carbocycles. The van der Waals surface area contributed by atoms with Gasteiger partial charge in [0, 0.05) is 24.5 Å². The first kappa shape index (κ1) is 19.5. The second-order valence-electron chi connectivity index (χ2n) is 6.71. The normalized spacial score (nSPS) is 11.9. The van der Waals surface area contributed by atoms with E-state index >= 15 is 0 Å². The average Bonchev–Trinajstić information content (AvgIpc) is 2.65. The van der Waals surface area contributed by atoms with E-state index in [1.165, 1.54) is 12.1 Å². The van der Waals surface area contributed by atoms with Crippen LogP contribution in [0.25, 0.3) is 10.9 Å². The number of aromatic nitrogens is 1. The van der Waals surface area contributed by atoms with E-state index in [1.54, 1.807) is 12.1 Å². The lowest BCUT2D eigenvalue weighted by molar-refractivity contribution is 0.176. The maximum absolute atomic E-state index is 11.5. The largest absolute Gasteiger partial charge is 0.506 e. The molecular formula is C22H22N2O4. The number of hydrogen-bond acceptors (Lipinski definition) is 5. The quantitative estimate of drug-likeness (QED) is 0.495. The zero-order valence-electron chi connectivity index (χ0n) is 15.7. The lowest BCUT2D eigenvalue weighted by Gasteiger charge is -2.16. The fourth-order valence-corrected chi connectivity index (χ4v) is 3.37. The van der Waals surface area contributed by atoms with Crippen LogP contribution in [0.4, 0.5) is 0 Å². The summed E-state index contributed by atoms with van der Waals surface area (Å²) in [5, 5.41) is 24.4. The van der Waals surface area contributed by atoms with Gasteiger partial charge in [0.1, 0.15) is 17.6 Å². The fourth-order valence-electron chi connectivity index (χ4n) is 3.37. The third-order valence-electron chi connectivity index (χ3n) is 4.61. The van der Waals surface area contributed by atoms with Crippen LogP contribution in [0.15, 0.2) is 41.2 Å². The van der Waals surface area contributed by atoms with Crippen molar-refractivity contribution in [2.45, 2.75) is 26.5 Å².